The molecule has 0 radical (unpaired) electrons. The van der Waals surface area contributed by atoms with E-state index in [1.165, 1.54) is 7.11 Å². The van der Waals surface area contributed by atoms with Gasteiger partial charge in [0.15, 0.2) is 0 Å². The Hall–Kier alpha value is -2.86. The molecule has 0 fully saturated rings. The van der Waals surface area contributed by atoms with Crippen molar-refractivity contribution >= 4 is 11.9 Å². The maximum absolute atomic E-state index is 12.1. The Labute approximate surface area is 153 Å². The molecule has 6 nitrogen and oxygen atoms in total. The van der Waals surface area contributed by atoms with E-state index in [4.69, 9.17) is 14.2 Å². The molecule has 0 bridgehead atoms. The molecule has 1 N–H and O–H groups in total. The number of rotatable bonds is 9. The maximum Gasteiger partial charge on any atom is 0.328 e. The third kappa shape index (κ3) is 6.22. The number of ether oxygens (including phenoxy) is 3. The van der Waals surface area contributed by atoms with Crippen molar-refractivity contribution in [2.45, 2.75) is 19.1 Å². The van der Waals surface area contributed by atoms with Crippen LogP contribution in [-0.2, 0) is 32.1 Å². The summed E-state index contributed by atoms with van der Waals surface area (Å²) in [7, 11) is 2.86. The summed E-state index contributed by atoms with van der Waals surface area (Å²) in [5, 5.41) is 2.66. The van der Waals surface area contributed by atoms with Crippen molar-refractivity contribution in [3.8, 4) is 5.75 Å². The number of hydrogen-bond donors (Lipinski definition) is 1. The van der Waals surface area contributed by atoms with E-state index in [2.05, 4.69) is 5.32 Å². The average molecular weight is 357 g/mol. The number of carbonyl (C=O) groups excluding carboxylic acids is 2. The van der Waals surface area contributed by atoms with Crippen LogP contribution in [-0.4, -0.2) is 38.7 Å². The molecule has 0 heterocycles. The first-order chi connectivity index (χ1) is 12.6. The zero-order valence-electron chi connectivity index (χ0n) is 14.9. The number of esters is 1. The second-order valence-corrected chi connectivity index (χ2v) is 5.68. The van der Waals surface area contributed by atoms with Gasteiger partial charge in [0.1, 0.15) is 18.4 Å². The van der Waals surface area contributed by atoms with Gasteiger partial charge in [-0.25, -0.2) is 4.79 Å². The highest BCUT2D eigenvalue weighted by Gasteiger charge is 2.22. The molecule has 1 atom stereocenters. The third-order valence-corrected chi connectivity index (χ3v) is 3.74. The van der Waals surface area contributed by atoms with E-state index >= 15 is 0 Å². The molecular weight excluding hydrogens is 334 g/mol. The van der Waals surface area contributed by atoms with Crippen LogP contribution >= 0.6 is 0 Å². The molecule has 0 aliphatic rings. The van der Waals surface area contributed by atoms with E-state index in [0.717, 1.165) is 11.1 Å². The molecule has 138 valence electrons. The summed E-state index contributed by atoms with van der Waals surface area (Å²) in [5.74, 6) is -0.202. The molecule has 0 saturated carbocycles. The van der Waals surface area contributed by atoms with Gasteiger partial charge in [0.05, 0.1) is 20.8 Å². The molecule has 26 heavy (non-hydrogen) atoms. The lowest BCUT2D eigenvalue weighted by Crippen LogP contribution is -2.44. The van der Waals surface area contributed by atoms with Gasteiger partial charge in [-0.3, -0.25) is 4.79 Å². The Bertz CT molecular complexity index is 717. The van der Waals surface area contributed by atoms with Crippen LogP contribution in [0.2, 0.25) is 0 Å². The molecule has 0 saturated heterocycles. The van der Waals surface area contributed by atoms with Crippen molar-refractivity contribution in [2.24, 2.45) is 0 Å². The van der Waals surface area contributed by atoms with E-state index < -0.39 is 12.0 Å². The minimum atomic E-state index is -0.792. The zero-order chi connectivity index (χ0) is 18.8. The van der Waals surface area contributed by atoms with Crippen LogP contribution in [0.25, 0.3) is 0 Å². The van der Waals surface area contributed by atoms with Gasteiger partial charge in [-0.1, -0.05) is 42.5 Å². The van der Waals surface area contributed by atoms with E-state index in [1.54, 1.807) is 7.11 Å². The predicted octanol–water partition coefficient (Wildman–Crippen LogP) is 2.11. The molecule has 0 aliphatic heterocycles. The van der Waals surface area contributed by atoms with Crippen LogP contribution in [0.15, 0.2) is 54.6 Å². The van der Waals surface area contributed by atoms with Crippen LogP contribution in [0.4, 0.5) is 0 Å². The Morgan fingerprint density at radius 3 is 2.42 bits per heavy atom. The Morgan fingerprint density at radius 2 is 1.73 bits per heavy atom. The lowest BCUT2D eigenvalue weighted by molar-refractivity contribution is -0.145. The smallest absolute Gasteiger partial charge is 0.328 e. The largest absolute Gasteiger partial charge is 0.497 e. The standard InChI is InChI=1S/C20H23NO5/c1-24-17-10-6-9-16(11-17)12-18(20(23)25-2)21-19(22)14-26-13-15-7-4-3-5-8-15/h3-11,18H,12-14H2,1-2H3,(H,21,22)/t18-/m1/s1. The van der Waals surface area contributed by atoms with Crippen LogP contribution in [0.1, 0.15) is 11.1 Å². The quantitative estimate of drug-likeness (QED) is 0.696. The van der Waals surface area contributed by atoms with Gasteiger partial charge in [0, 0.05) is 6.42 Å². The van der Waals surface area contributed by atoms with Gasteiger partial charge in [0.2, 0.25) is 5.91 Å². The van der Waals surface area contributed by atoms with Crippen molar-refractivity contribution in [3.63, 3.8) is 0 Å². The van der Waals surface area contributed by atoms with Gasteiger partial charge in [-0.15, -0.1) is 0 Å². The molecule has 1 amide bonds. The maximum atomic E-state index is 12.1. The number of hydrogen-bond acceptors (Lipinski definition) is 5. The fourth-order valence-corrected chi connectivity index (χ4v) is 2.44. The molecule has 6 heteroatoms. The lowest BCUT2D eigenvalue weighted by atomic mass is 10.1. The van der Waals surface area contributed by atoms with Crippen LogP contribution in [0.5, 0.6) is 5.75 Å². The van der Waals surface area contributed by atoms with Crippen molar-refractivity contribution in [1.82, 2.24) is 5.32 Å². The van der Waals surface area contributed by atoms with E-state index in [0.29, 0.717) is 18.8 Å². The van der Waals surface area contributed by atoms with Crippen LogP contribution in [0, 0.1) is 0 Å². The van der Waals surface area contributed by atoms with Gasteiger partial charge in [-0.05, 0) is 23.3 Å². The summed E-state index contributed by atoms with van der Waals surface area (Å²) in [4.78, 5) is 24.1. The fraction of sp³-hybridized carbons (Fsp3) is 0.300. The topological polar surface area (TPSA) is 73.9 Å². The number of amides is 1. The Balaban J connectivity index is 1.89. The second-order valence-electron chi connectivity index (χ2n) is 5.68. The number of methoxy groups -OCH3 is 2. The minimum Gasteiger partial charge on any atom is -0.497 e. The SMILES string of the molecule is COC(=O)[C@@H](Cc1cccc(OC)c1)NC(=O)COCc1ccccc1. The first-order valence-corrected chi connectivity index (χ1v) is 8.24. The molecule has 0 spiro atoms. The third-order valence-electron chi connectivity index (χ3n) is 3.74. The van der Waals surface area contributed by atoms with Crippen LogP contribution in [0.3, 0.4) is 0 Å². The van der Waals surface area contributed by atoms with Gasteiger partial charge < -0.3 is 19.5 Å². The summed E-state index contributed by atoms with van der Waals surface area (Å²) in [5.41, 5.74) is 1.83. The minimum absolute atomic E-state index is 0.138. The highest BCUT2D eigenvalue weighted by Crippen LogP contribution is 2.14. The summed E-state index contributed by atoms with van der Waals surface area (Å²) >= 11 is 0. The van der Waals surface area contributed by atoms with Crippen molar-refractivity contribution in [2.75, 3.05) is 20.8 Å². The van der Waals surface area contributed by atoms with Gasteiger partial charge >= 0.3 is 5.97 Å². The first-order valence-electron chi connectivity index (χ1n) is 8.24. The monoisotopic (exact) mass is 357 g/mol. The Morgan fingerprint density at radius 1 is 1.00 bits per heavy atom. The normalized spacial score (nSPS) is 11.5. The molecule has 0 unspecified atom stereocenters. The zero-order valence-corrected chi connectivity index (χ0v) is 14.9. The number of benzene rings is 2. The lowest BCUT2D eigenvalue weighted by Gasteiger charge is -2.17. The van der Waals surface area contributed by atoms with Crippen molar-refractivity contribution in [1.29, 1.82) is 0 Å². The molecule has 0 aliphatic carbocycles. The van der Waals surface area contributed by atoms with E-state index in [1.807, 2.05) is 54.6 Å². The molecule has 2 aromatic rings. The second kappa shape index (κ2) is 10.2. The molecule has 2 rings (SSSR count). The fourth-order valence-electron chi connectivity index (χ4n) is 2.44. The summed E-state index contributed by atoms with van der Waals surface area (Å²) < 4.78 is 15.4. The average Bonchev–Trinajstić information content (AvgIpc) is 2.68. The first kappa shape index (κ1) is 19.5. The molecule has 0 aromatic heterocycles. The summed E-state index contributed by atoms with van der Waals surface area (Å²) in [6.07, 6.45) is 0.300. The Kier molecular flexibility index (Phi) is 7.64. The number of carbonyl (C=O) groups is 2. The van der Waals surface area contributed by atoms with Crippen molar-refractivity contribution < 1.29 is 23.8 Å². The van der Waals surface area contributed by atoms with E-state index in [9.17, 15) is 9.59 Å². The van der Waals surface area contributed by atoms with Crippen LogP contribution < -0.4 is 10.1 Å². The molecule has 2 aromatic carbocycles. The highest BCUT2D eigenvalue weighted by atomic mass is 16.5. The van der Waals surface area contributed by atoms with Gasteiger partial charge in [-0.2, -0.15) is 0 Å². The van der Waals surface area contributed by atoms with Gasteiger partial charge in [0.25, 0.3) is 0 Å². The molecular formula is C20H23NO5. The predicted molar refractivity (Wildman–Crippen MR) is 96.7 cm³/mol. The summed E-state index contributed by atoms with van der Waals surface area (Å²) in [6.45, 7) is 0.188. The number of nitrogens with one attached hydrogen (secondary N) is 1. The van der Waals surface area contributed by atoms with E-state index in [-0.39, 0.29) is 12.5 Å². The highest BCUT2D eigenvalue weighted by molar-refractivity contribution is 5.85. The van der Waals surface area contributed by atoms with Crippen molar-refractivity contribution in [3.05, 3.63) is 65.7 Å². The summed E-state index contributed by atoms with van der Waals surface area (Å²) in [6, 6.07) is 16.1.